The lowest BCUT2D eigenvalue weighted by atomic mass is 9.99. The summed E-state index contributed by atoms with van der Waals surface area (Å²) >= 11 is 0. The van der Waals surface area contributed by atoms with Crippen molar-refractivity contribution in [2.75, 3.05) is 0 Å². The normalized spacial score (nSPS) is 10.9. The first kappa shape index (κ1) is 11.6. The molecular formula is C13H7F4. The van der Waals surface area contributed by atoms with Gasteiger partial charge in [0.1, 0.15) is 11.6 Å². The average molecular weight is 239 g/mol. The first-order chi connectivity index (χ1) is 8.11. The molecule has 0 bridgehead atoms. The maximum Gasteiger partial charge on any atom is 0.265 e. The summed E-state index contributed by atoms with van der Waals surface area (Å²) in [6.45, 7) is 0. The van der Waals surface area contributed by atoms with Gasteiger partial charge in [0.05, 0.1) is 5.56 Å². The molecule has 0 fully saturated rings. The Morgan fingerprint density at radius 3 is 2.18 bits per heavy atom. The van der Waals surface area contributed by atoms with E-state index >= 15 is 0 Å². The van der Waals surface area contributed by atoms with Crippen LogP contribution in [0.5, 0.6) is 0 Å². The lowest BCUT2D eigenvalue weighted by Gasteiger charge is -2.10. The van der Waals surface area contributed by atoms with Gasteiger partial charge in [-0.3, -0.25) is 0 Å². The van der Waals surface area contributed by atoms with Gasteiger partial charge in [-0.15, -0.1) is 0 Å². The van der Waals surface area contributed by atoms with Crippen molar-refractivity contribution in [3.63, 3.8) is 0 Å². The Labute approximate surface area is 95.5 Å². The molecule has 0 saturated carbocycles. The number of halogens is 4. The van der Waals surface area contributed by atoms with Gasteiger partial charge in [-0.05, 0) is 23.8 Å². The van der Waals surface area contributed by atoms with Crippen molar-refractivity contribution in [2.45, 2.75) is 6.43 Å². The van der Waals surface area contributed by atoms with E-state index in [0.717, 1.165) is 12.1 Å². The molecule has 0 amide bonds. The third-order valence-corrected chi connectivity index (χ3v) is 2.34. The van der Waals surface area contributed by atoms with Gasteiger partial charge in [0.25, 0.3) is 6.43 Å². The van der Waals surface area contributed by atoms with Crippen molar-refractivity contribution >= 4 is 0 Å². The standard InChI is InChI=1S/C13H7F4/c14-10-6-3-7-11(15)12(10)8-4-1-2-5-9(8)13(16)17/h1-4,6-7,13H. The summed E-state index contributed by atoms with van der Waals surface area (Å²) in [4.78, 5) is 0. The topological polar surface area (TPSA) is 0 Å². The summed E-state index contributed by atoms with van der Waals surface area (Å²) in [5.41, 5.74) is -1.12. The van der Waals surface area contributed by atoms with Gasteiger partial charge >= 0.3 is 0 Å². The van der Waals surface area contributed by atoms with E-state index in [-0.39, 0.29) is 5.56 Å². The molecule has 2 aromatic carbocycles. The molecule has 0 unspecified atom stereocenters. The number of hydrogen-bond donors (Lipinski definition) is 0. The van der Waals surface area contributed by atoms with Crippen molar-refractivity contribution in [2.24, 2.45) is 0 Å². The summed E-state index contributed by atoms with van der Waals surface area (Å²) in [7, 11) is 0. The zero-order valence-electron chi connectivity index (χ0n) is 8.55. The van der Waals surface area contributed by atoms with Crippen molar-refractivity contribution in [3.05, 3.63) is 59.7 Å². The van der Waals surface area contributed by atoms with E-state index in [1.54, 1.807) is 0 Å². The Kier molecular flexibility index (Phi) is 3.13. The molecule has 0 heterocycles. The molecular weight excluding hydrogens is 232 g/mol. The summed E-state index contributed by atoms with van der Waals surface area (Å²) in [5.74, 6) is -1.74. The summed E-state index contributed by atoms with van der Waals surface area (Å²) in [6.07, 6.45) is -2.83. The van der Waals surface area contributed by atoms with Crippen LogP contribution in [0.15, 0.2) is 36.4 Å². The van der Waals surface area contributed by atoms with Gasteiger partial charge in [-0.25, -0.2) is 17.6 Å². The number of alkyl halides is 2. The van der Waals surface area contributed by atoms with Crippen LogP contribution >= 0.6 is 0 Å². The predicted octanol–water partition coefficient (Wildman–Crippen LogP) is 4.37. The van der Waals surface area contributed by atoms with Gasteiger partial charge in [0.15, 0.2) is 0 Å². The van der Waals surface area contributed by atoms with Gasteiger partial charge in [0, 0.05) is 5.56 Å². The van der Waals surface area contributed by atoms with E-state index < -0.39 is 29.2 Å². The van der Waals surface area contributed by atoms with Gasteiger partial charge in [-0.1, -0.05) is 24.3 Å². The van der Waals surface area contributed by atoms with E-state index in [4.69, 9.17) is 0 Å². The summed E-state index contributed by atoms with van der Waals surface area (Å²) in [5, 5.41) is 0. The third-order valence-electron chi connectivity index (χ3n) is 2.34. The highest BCUT2D eigenvalue weighted by Crippen LogP contribution is 2.33. The Hall–Kier alpha value is -1.84. The number of hydrogen-bond acceptors (Lipinski definition) is 0. The fraction of sp³-hybridized carbons (Fsp3) is 0.0769. The number of rotatable bonds is 2. The molecule has 17 heavy (non-hydrogen) atoms. The van der Waals surface area contributed by atoms with Crippen LogP contribution < -0.4 is 0 Å². The molecule has 1 radical (unpaired) electrons. The van der Waals surface area contributed by atoms with E-state index in [0.29, 0.717) is 0 Å². The molecule has 0 atom stereocenters. The van der Waals surface area contributed by atoms with Crippen LogP contribution in [0.25, 0.3) is 11.1 Å². The highest BCUT2D eigenvalue weighted by Gasteiger charge is 2.19. The zero-order chi connectivity index (χ0) is 12.4. The average Bonchev–Trinajstić information content (AvgIpc) is 2.29. The zero-order valence-corrected chi connectivity index (χ0v) is 8.55. The van der Waals surface area contributed by atoms with Crippen LogP contribution in [0.3, 0.4) is 0 Å². The fourth-order valence-corrected chi connectivity index (χ4v) is 1.60. The monoisotopic (exact) mass is 239 g/mol. The highest BCUT2D eigenvalue weighted by atomic mass is 19.3. The second kappa shape index (κ2) is 4.57. The largest absolute Gasteiger partial charge is 0.265 e. The maximum absolute atomic E-state index is 13.5. The minimum Gasteiger partial charge on any atom is -0.206 e. The quantitative estimate of drug-likeness (QED) is 0.682. The molecule has 0 aromatic heterocycles. The van der Waals surface area contributed by atoms with Crippen LogP contribution in [-0.2, 0) is 0 Å². The minimum atomic E-state index is -2.83. The molecule has 2 aromatic rings. The van der Waals surface area contributed by atoms with Crippen molar-refractivity contribution in [3.8, 4) is 11.1 Å². The number of benzene rings is 2. The maximum atomic E-state index is 13.5. The molecule has 0 spiro atoms. The molecule has 0 aliphatic rings. The van der Waals surface area contributed by atoms with Crippen molar-refractivity contribution in [1.29, 1.82) is 0 Å². The Morgan fingerprint density at radius 2 is 1.59 bits per heavy atom. The smallest absolute Gasteiger partial charge is 0.206 e. The fourth-order valence-electron chi connectivity index (χ4n) is 1.60. The molecule has 4 heteroatoms. The van der Waals surface area contributed by atoms with Crippen LogP contribution in [0.1, 0.15) is 12.0 Å². The highest BCUT2D eigenvalue weighted by molar-refractivity contribution is 5.68. The predicted molar refractivity (Wildman–Crippen MR) is 55.6 cm³/mol. The molecule has 0 nitrogen and oxygen atoms in total. The Balaban J connectivity index is 2.69. The molecule has 0 aliphatic heterocycles. The Bertz CT molecular complexity index is 514. The van der Waals surface area contributed by atoms with Gasteiger partial charge in [-0.2, -0.15) is 0 Å². The summed E-state index contributed by atoms with van der Waals surface area (Å²) in [6, 6.07) is 9.49. The van der Waals surface area contributed by atoms with Gasteiger partial charge in [0.2, 0.25) is 0 Å². The van der Waals surface area contributed by atoms with Crippen molar-refractivity contribution in [1.82, 2.24) is 0 Å². The second-order valence-corrected chi connectivity index (χ2v) is 3.39. The SMILES string of the molecule is Fc1cccc(F)c1-c1ccc[c]c1C(F)F. The van der Waals surface area contributed by atoms with Crippen LogP contribution in [0.2, 0.25) is 0 Å². The Morgan fingerprint density at radius 1 is 0.941 bits per heavy atom. The van der Waals surface area contributed by atoms with Crippen LogP contribution in [0, 0.1) is 17.7 Å². The minimum absolute atomic E-state index is 0.168. The second-order valence-electron chi connectivity index (χ2n) is 3.39. The lowest BCUT2D eigenvalue weighted by molar-refractivity contribution is 0.151. The van der Waals surface area contributed by atoms with Crippen LogP contribution in [0.4, 0.5) is 17.6 Å². The van der Waals surface area contributed by atoms with E-state index in [1.807, 2.05) is 0 Å². The molecule has 87 valence electrons. The molecule has 0 N–H and O–H groups in total. The first-order valence-electron chi connectivity index (χ1n) is 4.84. The molecule has 2 rings (SSSR count). The molecule has 0 aliphatic carbocycles. The first-order valence-corrected chi connectivity index (χ1v) is 4.84. The summed E-state index contributed by atoms with van der Waals surface area (Å²) < 4.78 is 52.4. The van der Waals surface area contributed by atoms with E-state index in [1.165, 1.54) is 24.3 Å². The van der Waals surface area contributed by atoms with Crippen molar-refractivity contribution < 1.29 is 17.6 Å². The van der Waals surface area contributed by atoms with Crippen LogP contribution in [-0.4, -0.2) is 0 Å². The van der Waals surface area contributed by atoms with E-state index in [2.05, 4.69) is 6.07 Å². The van der Waals surface area contributed by atoms with Gasteiger partial charge < -0.3 is 0 Å². The third kappa shape index (κ3) is 2.16. The van der Waals surface area contributed by atoms with E-state index in [9.17, 15) is 17.6 Å². The lowest BCUT2D eigenvalue weighted by Crippen LogP contribution is -1.95. The molecule has 0 saturated heterocycles.